The fourth-order valence-electron chi connectivity index (χ4n) is 3.60. The Bertz CT molecular complexity index is 996. The average Bonchev–Trinajstić information content (AvgIpc) is 3.21. The van der Waals surface area contributed by atoms with Crippen LogP contribution in [0.2, 0.25) is 0 Å². The SMILES string of the molecule is Cc1cccc(-c2noc(C3CCN(CC(=O)Nc4ccccc4F)CC3)n2)c1. The third-order valence-corrected chi connectivity index (χ3v) is 5.17. The molecule has 3 aromatic rings. The van der Waals surface area contributed by atoms with E-state index in [9.17, 15) is 9.18 Å². The Labute approximate surface area is 168 Å². The highest BCUT2D eigenvalue weighted by Gasteiger charge is 2.26. The van der Waals surface area contributed by atoms with E-state index in [2.05, 4.69) is 20.4 Å². The number of halogens is 1. The lowest BCUT2D eigenvalue weighted by molar-refractivity contribution is -0.117. The molecule has 7 heteroatoms. The van der Waals surface area contributed by atoms with E-state index in [-0.39, 0.29) is 24.1 Å². The normalized spacial score (nSPS) is 15.4. The van der Waals surface area contributed by atoms with Crippen LogP contribution in [-0.2, 0) is 4.79 Å². The molecule has 0 saturated carbocycles. The minimum absolute atomic E-state index is 0.187. The molecule has 4 rings (SSSR count). The van der Waals surface area contributed by atoms with Crippen molar-refractivity contribution in [2.45, 2.75) is 25.7 Å². The van der Waals surface area contributed by atoms with E-state index in [1.54, 1.807) is 18.2 Å². The molecule has 0 spiro atoms. The maximum absolute atomic E-state index is 13.7. The van der Waals surface area contributed by atoms with E-state index in [1.165, 1.54) is 6.07 Å². The first kappa shape index (κ1) is 19.3. The van der Waals surface area contributed by atoms with Gasteiger partial charge in [-0.2, -0.15) is 4.98 Å². The minimum Gasteiger partial charge on any atom is -0.339 e. The lowest BCUT2D eigenvalue weighted by Crippen LogP contribution is -2.38. The third kappa shape index (κ3) is 4.68. The topological polar surface area (TPSA) is 71.3 Å². The summed E-state index contributed by atoms with van der Waals surface area (Å²) >= 11 is 0. The van der Waals surface area contributed by atoms with Crippen LogP contribution >= 0.6 is 0 Å². The average molecular weight is 394 g/mol. The number of hydrogen-bond acceptors (Lipinski definition) is 5. The summed E-state index contributed by atoms with van der Waals surface area (Å²) in [5.41, 5.74) is 2.31. The standard InChI is InChI=1S/C22H23FN4O2/c1-15-5-4-6-17(13-15)21-25-22(29-26-21)16-9-11-27(12-10-16)14-20(28)24-19-8-3-2-7-18(19)23/h2-8,13,16H,9-12,14H2,1H3,(H,24,28). The number of nitrogens with one attached hydrogen (secondary N) is 1. The fourth-order valence-corrected chi connectivity index (χ4v) is 3.60. The Balaban J connectivity index is 1.31. The Morgan fingerprint density at radius 2 is 2.00 bits per heavy atom. The molecule has 1 fully saturated rings. The van der Waals surface area contributed by atoms with E-state index < -0.39 is 5.82 Å². The molecule has 0 unspecified atom stereocenters. The number of piperidine rings is 1. The van der Waals surface area contributed by atoms with Gasteiger partial charge in [-0.05, 0) is 51.1 Å². The Kier molecular flexibility index (Phi) is 5.67. The van der Waals surface area contributed by atoms with Gasteiger partial charge >= 0.3 is 0 Å². The summed E-state index contributed by atoms with van der Waals surface area (Å²) < 4.78 is 19.2. The highest BCUT2D eigenvalue weighted by atomic mass is 19.1. The second-order valence-corrected chi connectivity index (χ2v) is 7.40. The van der Waals surface area contributed by atoms with Gasteiger partial charge in [-0.1, -0.05) is 41.1 Å². The number of aromatic nitrogens is 2. The quantitative estimate of drug-likeness (QED) is 0.708. The van der Waals surface area contributed by atoms with Gasteiger partial charge in [0.2, 0.25) is 17.6 Å². The van der Waals surface area contributed by atoms with E-state index in [0.717, 1.165) is 37.1 Å². The molecule has 2 aromatic carbocycles. The van der Waals surface area contributed by atoms with Crippen LogP contribution in [-0.4, -0.2) is 40.6 Å². The molecule has 1 aromatic heterocycles. The van der Waals surface area contributed by atoms with Gasteiger partial charge in [-0.3, -0.25) is 9.69 Å². The number of carbonyl (C=O) groups is 1. The molecule has 0 atom stereocenters. The molecule has 2 heterocycles. The molecule has 0 bridgehead atoms. The second kappa shape index (κ2) is 8.53. The molecule has 1 saturated heterocycles. The smallest absolute Gasteiger partial charge is 0.238 e. The molecule has 0 aliphatic carbocycles. The van der Waals surface area contributed by atoms with Crippen LogP contribution in [0.4, 0.5) is 10.1 Å². The van der Waals surface area contributed by atoms with Crippen molar-refractivity contribution in [3.63, 3.8) is 0 Å². The maximum Gasteiger partial charge on any atom is 0.238 e. The number of nitrogens with zero attached hydrogens (tertiary/aromatic N) is 3. The van der Waals surface area contributed by atoms with Crippen LogP contribution in [0.25, 0.3) is 11.4 Å². The molecule has 1 N–H and O–H groups in total. The van der Waals surface area contributed by atoms with Gasteiger partial charge in [0.1, 0.15) is 5.82 Å². The highest BCUT2D eigenvalue weighted by Crippen LogP contribution is 2.28. The zero-order valence-electron chi connectivity index (χ0n) is 16.3. The van der Waals surface area contributed by atoms with Gasteiger partial charge in [-0.15, -0.1) is 0 Å². The third-order valence-electron chi connectivity index (χ3n) is 5.17. The van der Waals surface area contributed by atoms with E-state index in [4.69, 9.17) is 4.52 Å². The number of aryl methyl sites for hydroxylation is 1. The summed E-state index contributed by atoms with van der Waals surface area (Å²) in [6.45, 7) is 3.76. The molecule has 29 heavy (non-hydrogen) atoms. The summed E-state index contributed by atoms with van der Waals surface area (Å²) in [4.78, 5) is 18.9. The van der Waals surface area contributed by atoms with Crippen molar-refractivity contribution < 1.29 is 13.7 Å². The monoisotopic (exact) mass is 394 g/mol. The van der Waals surface area contributed by atoms with Crippen LogP contribution in [0, 0.1) is 12.7 Å². The molecule has 1 aliphatic heterocycles. The van der Waals surface area contributed by atoms with Gasteiger partial charge in [0.15, 0.2) is 0 Å². The largest absolute Gasteiger partial charge is 0.339 e. The van der Waals surface area contributed by atoms with Crippen LogP contribution in [0.1, 0.15) is 30.2 Å². The van der Waals surface area contributed by atoms with Crippen molar-refractivity contribution in [3.05, 3.63) is 65.8 Å². The Morgan fingerprint density at radius 1 is 1.21 bits per heavy atom. The number of hydrogen-bond donors (Lipinski definition) is 1. The molecule has 6 nitrogen and oxygen atoms in total. The summed E-state index contributed by atoms with van der Waals surface area (Å²) in [5, 5.41) is 6.76. The number of likely N-dealkylation sites (tertiary alicyclic amines) is 1. The number of amides is 1. The van der Waals surface area contributed by atoms with Crippen molar-refractivity contribution in [1.82, 2.24) is 15.0 Å². The summed E-state index contributed by atoms with van der Waals surface area (Å²) in [6.07, 6.45) is 1.67. The van der Waals surface area contributed by atoms with E-state index in [1.807, 2.05) is 31.2 Å². The van der Waals surface area contributed by atoms with Gasteiger partial charge in [0.05, 0.1) is 12.2 Å². The van der Waals surface area contributed by atoms with Gasteiger partial charge in [0.25, 0.3) is 0 Å². The maximum atomic E-state index is 13.7. The number of carbonyl (C=O) groups excluding carboxylic acids is 1. The van der Waals surface area contributed by atoms with Crippen LogP contribution in [0.15, 0.2) is 53.1 Å². The number of anilines is 1. The lowest BCUT2D eigenvalue weighted by atomic mass is 9.97. The van der Waals surface area contributed by atoms with Crippen molar-refractivity contribution >= 4 is 11.6 Å². The van der Waals surface area contributed by atoms with Gasteiger partial charge in [-0.25, -0.2) is 4.39 Å². The second-order valence-electron chi connectivity index (χ2n) is 7.40. The predicted octanol–water partition coefficient (Wildman–Crippen LogP) is 4.00. The Morgan fingerprint density at radius 3 is 2.76 bits per heavy atom. The summed E-state index contributed by atoms with van der Waals surface area (Å²) in [5.74, 6) is 0.799. The van der Waals surface area contributed by atoms with Crippen molar-refractivity contribution in [1.29, 1.82) is 0 Å². The molecule has 1 amide bonds. The number of benzene rings is 2. The van der Waals surface area contributed by atoms with Crippen LogP contribution in [0.3, 0.4) is 0 Å². The van der Waals surface area contributed by atoms with Crippen molar-refractivity contribution in [2.24, 2.45) is 0 Å². The fraction of sp³-hybridized carbons (Fsp3) is 0.318. The van der Waals surface area contributed by atoms with Crippen LogP contribution in [0.5, 0.6) is 0 Å². The number of rotatable bonds is 5. The lowest BCUT2D eigenvalue weighted by Gasteiger charge is -2.29. The van der Waals surface area contributed by atoms with Gasteiger partial charge in [0, 0.05) is 11.5 Å². The first-order chi connectivity index (χ1) is 14.1. The molecule has 150 valence electrons. The van der Waals surface area contributed by atoms with E-state index in [0.29, 0.717) is 11.7 Å². The molecule has 1 aliphatic rings. The van der Waals surface area contributed by atoms with Crippen LogP contribution < -0.4 is 5.32 Å². The summed E-state index contributed by atoms with van der Waals surface area (Å²) in [6, 6.07) is 14.2. The predicted molar refractivity (Wildman–Crippen MR) is 108 cm³/mol. The van der Waals surface area contributed by atoms with Crippen molar-refractivity contribution in [3.8, 4) is 11.4 Å². The van der Waals surface area contributed by atoms with E-state index >= 15 is 0 Å². The van der Waals surface area contributed by atoms with Gasteiger partial charge < -0.3 is 9.84 Å². The number of para-hydroxylation sites is 1. The van der Waals surface area contributed by atoms with Crippen molar-refractivity contribution in [2.75, 3.05) is 25.0 Å². The minimum atomic E-state index is -0.430. The molecule has 0 radical (unpaired) electrons. The first-order valence-corrected chi connectivity index (χ1v) is 9.76. The zero-order chi connectivity index (χ0) is 20.2. The Hall–Kier alpha value is -3.06. The molecular formula is C22H23FN4O2. The zero-order valence-corrected chi connectivity index (χ0v) is 16.3. The summed E-state index contributed by atoms with van der Waals surface area (Å²) in [7, 11) is 0. The highest BCUT2D eigenvalue weighted by molar-refractivity contribution is 5.92. The molecular weight excluding hydrogens is 371 g/mol. The first-order valence-electron chi connectivity index (χ1n) is 9.76.